The third kappa shape index (κ3) is 4.19. The fourth-order valence-electron chi connectivity index (χ4n) is 1.77. The summed E-state index contributed by atoms with van der Waals surface area (Å²) in [5.74, 6) is -0.346. The molecular weight excluding hydrogens is 319 g/mol. The van der Waals surface area contributed by atoms with Gasteiger partial charge in [-0.2, -0.15) is 0 Å². The smallest absolute Gasteiger partial charge is 0.147 e. The van der Waals surface area contributed by atoms with Gasteiger partial charge in [-0.15, -0.1) is 0 Å². The van der Waals surface area contributed by atoms with Crippen molar-refractivity contribution in [3.05, 3.63) is 33.0 Å². The first kappa shape index (κ1) is 15.9. The van der Waals surface area contributed by atoms with Gasteiger partial charge in [0.25, 0.3) is 0 Å². The van der Waals surface area contributed by atoms with E-state index in [4.69, 9.17) is 11.6 Å². The minimum absolute atomic E-state index is 0.0504. The van der Waals surface area contributed by atoms with E-state index in [0.717, 1.165) is 19.5 Å². The Morgan fingerprint density at radius 3 is 2.67 bits per heavy atom. The molecule has 0 bridgehead atoms. The van der Waals surface area contributed by atoms with E-state index in [0.29, 0.717) is 10.0 Å². The molecule has 0 saturated carbocycles. The van der Waals surface area contributed by atoms with Crippen molar-refractivity contribution in [1.29, 1.82) is 0 Å². The first-order valence-corrected chi connectivity index (χ1v) is 7.16. The molecule has 1 atom stereocenters. The van der Waals surface area contributed by atoms with E-state index in [1.807, 2.05) is 19.0 Å². The lowest BCUT2D eigenvalue weighted by Crippen LogP contribution is -2.32. The molecule has 0 aliphatic rings. The van der Waals surface area contributed by atoms with Gasteiger partial charge in [-0.25, -0.2) is 4.39 Å². The van der Waals surface area contributed by atoms with Gasteiger partial charge in [-0.05, 0) is 49.1 Å². The number of rotatable bonds is 6. The molecular formula is C13H19BrClFN2. The third-order valence-corrected chi connectivity index (χ3v) is 3.89. The standard InChI is InChI=1S/C13H19BrClFN2/c1-4-7-17-11(8-18(2)3)9-5-6-10(14)12(15)13(9)16/h5-6,11,17H,4,7-8H2,1-3H3. The van der Waals surface area contributed by atoms with E-state index in [1.54, 1.807) is 12.1 Å². The van der Waals surface area contributed by atoms with Crippen LogP contribution >= 0.6 is 27.5 Å². The quantitative estimate of drug-likeness (QED) is 0.793. The summed E-state index contributed by atoms with van der Waals surface area (Å²) >= 11 is 9.16. The van der Waals surface area contributed by atoms with Crippen LogP contribution in [0.5, 0.6) is 0 Å². The van der Waals surface area contributed by atoms with Crippen molar-refractivity contribution in [2.24, 2.45) is 0 Å². The Morgan fingerprint density at radius 1 is 1.44 bits per heavy atom. The van der Waals surface area contributed by atoms with E-state index < -0.39 is 0 Å². The van der Waals surface area contributed by atoms with Gasteiger partial charge < -0.3 is 10.2 Å². The van der Waals surface area contributed by atoms with Gasteiger partial charge >= 0.3 is 0 Å². The van der Waals surface area contributed by atoms with Gasteiger partial charge in [-0.3, -0.25) is 0 Å². The van der Waals surface area contributed by atoms with Gasteiger partial charge in [0, 0.05) is 22.6 Å². The molecule has 0 aromatic heterocycles. The highest BCUT2D eigenvalue weighted by Gasteiger charge is 2.19. The summed E-state index contributed by atoms with van der Waals surface area (Å²) in [5.41, 5.74) is 0.616. The van der Waals surface area contributed by atoms with Gasteiger partial charge in [0.2, 0.25) is 0 Å². The molecule has 0 amide bonds. The minimum Gasteiger partial charge on any atom is -0.309 e. The Hall–Kier alpha value is -0.160. The van der Waals surface area contributed by atoms with E-state index >= 15 is 0 Å². The van der Waals surface area contributed by atoms with Crippen molar-refractivity contribution < 1.29 is 4.39 Å². The predicted octanol–water partition coefficient (Wildman–Crippen LogP) is 3.84. The number of halogens is 3. The number of benzene rings is 1. The maximum absolute atomic E-state index is 14.2. The van der Waals surface area contributed by atoms with Crippen LogP contribution in [-0.4, -0.2) is 32.1 Å². The normalized spacial score (nSPS) is 13.1. The van der Waals surface area contributed by atoms with Crippen LogP contribution < -0.4 is 5.32 Å². The van der Waals surface area contributed by atoms with Gasteiger partial charge in [-0.1, -0.05) is 24.6 Å². The fraction of sp³-hybridized carbons (Fsp3) is 0.538. The topological polar surface area (TPSA) is 15.3 Å². The van der Waals surface area contributed by atoms with Crippen LogP contribution in [0.4, 0.5) is 4.39 Å². The van der Waals surface area contributed by atoms with Gasteiger partial charge in [0.15, 0.2) is 0 Å². The van der Waals surface area contributed by atoms with Crippen molar-refractivity contribution >= 4 is 27.5 Å². The molecule has 0 heterocycles. The Bertz CT molecular complexity index is 399. The summed E-state index contributed by atoms with van der Waals surface area (Å²) in [7, 11) is 3.94. The summed E-state index contributed by atoms with van der Waals surface area (Å²) in [5, 5.41) is 3.50. The van der Waals surface area contributed by atoms with Crippen LogP contribution in [-0.2, 0) is 0 Å². The van der Waals surface area contributed by atoms with Crippen molar-refractivity contribution in [2.75, 3.05) is 27.2 Å². The first-order valence-electron chi connectivity index (χ1n) is 5.98. The van der Waals surface area contributed by atoms with Crippen LogP contribution in [0.1, 0.15) is 24.9 Å². The molecule has 1 N–H and O–H groups in total. The third-order valence-electron chi connectivity index (χ3n) is 2.63. The van der Waals surface area contributed by atoms with Crippen LogP contribution in [0.2, 0.25) is 5.02 Å². The summed E-state index contributed by atoms with van der Waals surface area (Å²) in [6.07, 6.45) is 1.01. The van der Waals surface area contributed by atoms with Crippen LogP contribution in [0.3, 0.4) is 0 Å². The average molecular weight is 338 g/mol. The van der Waals surface area contributed by atoms with E-state index in [2.05, 4.69) is 28.2 Å². The lowest BCUT2D eigenvalue weighted by molar-refractivity contribution is 0.336. The SMILES string of the molecule is CCCNC(CN(C)C)c1ccc(Br)c(Cl)c1F. The molecule has 1 aromatic carbocycles. The molecule has 0 saturated heterocycles. The fourth-order valence-corrected chi connectivity index (χ4v) is 2.24. The summed E-state index contributed by atoms with van der Waals surface area (Å²) < 4.78 is 14.8. The first-order chi connectivity index (χ1) is 8.47. The summed E-state index contributed by atoms with van der Waals surface area (Å²) in [6.45, 7) is 3.67. The van der Waals surface area contributed by atoms with Gasteiger partial charge in [0.05, 0.1) is 5.02 Å². The molecule has 1 rings (SSSR count). The summed E-state index contributed by atoms with van der Waals surface area (Å²) in [6, 6.07) is 3.52. The van der Waals surface area contributed by atoms with Crippen molar-refractivity contribution in [3.63, 3.8) is 0 Å². The highest BCUT2D eigenvalue weighted by atomic mass is 79.9. The number of nitrogens with zero attached hydrogens (tertiary/aromatic N) is 1. The molecule has 5 heteroatoms. The Balaban J connectivity index is 3.00. The Kier molecular flexibility index (Phi) is 6.57. The minimum atomic E-state index is -0.346. The monoisotopic (exact) mass is 336 g/mol. The van der Waals surface area contributed by atoms with Crippen molar-refractivity contribution in [1.82, 2.24) is 10.2 Å². The average Bonchev–Trinajstić information content (AvgIpc) is 2.31. The molecule has 0 radical (unpaired) electrons. The lowest BCUT2D eigenvalue weighted by Gasteiger charge is -2.23. The van der Waals surface area contributed by atoms with Crippen LogP contribution in [0.25, 0.3) is 0 Å². The van der Waals surface area contributed by atoms with E-state index in [9.17, 15) is 4.39 Å². The van der Waals surface area contributed by atoms with Crippen molar-refractivity contribution in [2.45, 2.75) is 19.4 Å². The van der Waals surface area contributed by atoms with Gasteiger partial charge in [0.1, 0.15) is 5.82 Å². The predicted molar refractivity (Wildman–Crippen MR) is 78.7 cm³/mol. The molecule has 1 unspecified atom stereocenters. The Labute approximate surface area is 122 Å². The zero-order valence-corrected chi connectivity index (χ0v) is 13.3. The zero-order valence-electron chi connectivity index (χ0n) is 10.9. The second-order valence-corrected chi connectivity index (χ2v) is 5.77. The second kappa shape index (κ2) is 7.43. The summed E-state index contributed by atoms with van der Waals surface area (Å²) in [4.78, 5) is 2.03. The molecule has 102 valence electrons. The lowest BCUT2D eigenvalue weighted by atomic mass is 10.1. The molecule has 0 aliphatic heterocycles. The maximum Gasteiger partial charge on any atom is 0.147 e. The number of nitrogens with one attached hydrogen (secondary N) is 1. The van der Waals surface area contributed by atoms with Crippen LogP contribution in [0.15, 0.2) is 16.6 Å². The number of likely N-dealkylation sites (N-methyl/N-ethyl adjacent to an activating group) is 1. The highest BCUT2D eigenvalue weighted by Crippen LogP contribution is 2.30. The molecule has 18 heavy (non-hydrogen) atoms. The molecule has 0 aliphatic carbocycles. The van der Waals surface area contributed by atoms with E-state index in [-0.39, 0.29) is 16.9 Å². The second-order valence-electron chi connectivity index (χ2n) is 4.53. The molecule has 1 aromatic rings. The number of hydrogen-bond acceptors (Lipinski definition) is 2. The molecule has 2 nitrogen and oxygen atoms in total. The van der Waals surface area contributed by atoms with E-state index in [1.165, 1.54) is 0 Å². The highest BCUT2D eigenvalue weighted by molar-refractivity contribution is 9.10. The largest absolute Gasteiger partial charge is 0.309 e. The van der Waals surface area contributed by atoms with Crippen molar-refractivity contribution in [3.8, 4) is 0 Å². The zero-order chi connectivity index (χ0) is 13.7. The number of hydrogen-bond donors (Lipinski definition) is 1. The maximum atomic E-state index is 14.2. The molecule has 0 spiro atoms. The Morgan fingerprint density at radius 2 is 2.11 bits per heavy atom. The van der Waals surface area contributed by atoms with Crippen LogP contribution in [0, 0.1) is 5.82 Å². The molecule has 0 fully saturated rings.